The topological polar surface area (TPSA) is 35.5 Å². The van der Waals surface area contributed by atoms with Gasteiger partial charge in [0.15, 0.2) is 0 Å². The van der Waals surface area contributed by atoms with E-state index in [0.717, 1.165) is 4.47 Å². The standard InChI is InChI=1S/C11H12BrClO3/c1-7(11(14)15-2)6-16-10-4-3-8(12)5-9(10)13/h3-5,7H,6H2,1-2H3. The quantitative estimate of drug-likeness (QED) is 0.801. The lowest BCUT2D eigenvalue weighted by Crippen LogP contribution is -2.20. The van der Waals surface area contributed by atoms with Crippen LogP contribution in [0, 0.1) is 5.92 Å². The number of benzene rings is 1. The number of rotatable bonds is 4. The molecule has 0 saturated carbocycles. The third kappa shape index (κ3) is 3.68. The number of carbonyl (C=O) groups excluding carboxylic acids is 1. The van der Waals surface area contributed by atoms with Crippen LogP contribution in [0.4, 0.5) is 0 Å². The van der Waals surface area contributed by atoms with E-state index in [0.29, 0.717) is 10.8 Å². The van der Waals surface area contributed by atoms with Crippen molar-refractivity contribution < 1.29 is 14.3 Å². The Morgan fingerprint density at radius 3 is 2.81 bits per heavy atom. The molecule has 1 rings (SSSR count). The van der Waals surface area contributed by atoms with Gasteiger partial charge in [0.2, 0.25) is 0 Å². The first-order valence-corrected chi connectivity index (χ1v) is 5.87. The smallest absolute Gasteiger partial charge is 0.311 e. The van der Waals surface area contributed by atoms with Crippen LogP contribution in [0.25, 0.3) is 0 Å². The molecule has 0 aliphatic heterocycles. The Labute approximate surface area is 108 Å². The summed E-state index contributed by atoms with van der Waals surface area (Å²) in [4.78, 5) is 11.1. The maximum absolute atomic E-state index is 11.1. The second kappa shape index (κ2) is 6.11. The molecule has 0 heterocycles. The number of halogens is 2. The van der Waals surface area contributed by atoms with Crippen molar-refractivity contribution in [3.63, 3.8) is 0 Å². The molecule has 0 aliphatic carbocycles. The zero-order valence-corrected chi connectivity index (χ0v) is 11.3. The number of carbonyl (C=O) groups is 1. The normalized spacial score (nSPS) is 12.0. The minimum atomic E-state index is -0.315. The zero-order chi connectivity index (χ0) is 12.1. The molecule has 0 saturated heterocycles. The third-order valence-electron chi connectivity index (χ3n) is 1.99. The molecule has 16 heavy (non-hydrogen) atoms. The Morgan fingerprint density at radius 1 is 1.56 bits per heavy atom. The van der Waals surface area contributed by atoms with Crippen LogP contribution in [-0.2, 0) is 9.53 Å². The lowest BCUT2D eigenvalue weighted by atomic mass is 10.2. The van der Waals surface area contributed by atoms with E-state index in [4.69, 9.17) is 16.3 Å². The molecule has 1 unspecified atom stereocenters. The van der Waals surface area contributed by atoms with Gasteiger partial charge in [-0.1, -0.05) is 27.5 Å². The van der Waals surface area contributed by atoms with Crippen LogP contribution in [0.3, 0.4) is 0 Å². The van der Waals surface area contributed by atoms with Crippen molar-refractivity contribution in [2.24, 2.45) is 5.92 Å². The highest BCUT2D eigenvalue weighted by Gasteiger charge is 2.14. The molecule has 5 heteroatoms. The third-order valence-corrected chi connectivity index (χ3v) is 2.77. The Bertz CT molecular complexity index is 381. The van der Waals surface area contributed by atoms with Crippen LogP contribution in [0.15, 0.2) is 22.7 Å². The summed E-state index contributed by atoms with van der Waals surface area (Å²) in [5.41, 5.74) is 0. The molecule has 1 aromatic carbocycles. The van der Waals surface area contributed by atoms with E-state index in [1.54, 1.807) is 19.1 Å². The fourth-order valence-corrected chi connectivity index (χ4v) is 1.80. The van der Waals surface area contributed by atoms with Gasteiger partial charge in [0.25, 0.3) is 0 Å². The molecule has 3 nitrogen and oxygen atoms in total. The fraction of sp³-hybridized carbons (Fsp3) is 0.364. The molecule has 88 valence electrons. The summed E-state index contributed by atoms with van der Waals surface area (Å²) >= 11 is 9.25. The van der Waals surface area contributed by atoms with Gasteiger partial charge in [-0.2, -0.15) is 0 Å². The molecular weight excluding hydrogens is 295 g/mol. The molecule has 0 radical (unpaired) electrons. The predicted molar refractivity (Wildman–Crippen MR) is 65.8 cm³/mol. The second-order valence-corrected chi connectivity index (χ2v) is 4.63. The number of hydrogen-bond donors (Lipinski definition) is 0. The Balaban J connectivity index is 2.58. The summed E-state index contributed by atoms with van der Waals surface area (Å²) in [5, 5.41) is 0.506. The monoisotopic (exact) mass is 306 g/mol. The molecule has 0 bridgehead atoms. The summed E-state index contributed by atoms with van der Waals surface area (Å²) in [7, 11) is 1.35. The average molecular weight is 308 g/mol. The van der Waals surface area contributed by atoms with Gasteiger partial charge < -0.3 is 9.47 Å². The first kappa shape index (κ1) is 13.3. The lowest BCUT2D eigenvalue weighted by Gasteiger charge is -2.12. The van der Waals surface area contributed by atoms with Crippen LogP contribution >= 0.6 is 27.5 Å². The molecular formula is C11H12BrClO3. The van der Waals surface area contributed by atoms with Gasteiger partial charge in [-0.15, -0.1) is 0 Å². The SMILES string of the molecule is COC(=O)C(C)COc1ccc(Br)cc1Cl. The molecule has 1 atom stereocenters. The number of methoxy groups -OCH3 is 1. The van der Waals surface area contributed by atoms with Gasteiger partial charge in [-0.25, -0.2) is 0 Å². The van der Waals surface area contributed by atoms with E-state index < -0.39 is 0 Å². The van der Waals surface area contributed by atoms with E-state index in [-0.39, 0.29) is 18.5 Å². The van der Waals surface area contributed by atoms with E-state index in [9.17, 15) is 4.79 Å². The second-order valence-electron chi connectivity index (χ2n) is 3.31. The first-order chi connectivity index (χ1) is 7.54. The number of esters is 1. The van der Waals surface area contributed by atoms with Crippen molar-refractivity contribution in [2.45, 2.75) is 6.92 Å². The van der Waals surface area contributed by atoms with Crippen LogP contribution in [-0.4, -0.2) is 19.7 Å². The molecule has 0 amide bonds. The summed E-state index contributed by atoms with van der Waals surface area (Å²) < 4.78 is 10.9. The number of hydrogen-bond acceptors (Lipinski definition) is 3. The van der Waals surface area contributed by atoms with Crippen molar-refractivity contribution in [1.29, 1.82) is 0 Å². The summed E-state index contributed by atoms with van der Waals surface area (Å²) in [5.74, 6) is -0.0569. The summed E-state index contributed by atoms with van der Waals surface area (Å²) in [6.07, 6.45) is 0. The Morgan fingerprint density at radius 2 is 2.25 bits per heavy atom. The molecule has 0 aromatic heterocycles. The van der Waals surface area contributed by atoms with E-state index in [1.165, 1.54) is 7.11 Å². The molecule has 0 aliphatic rings. The highest BCUT2D eigenvalue weighted by Crippen LogP contribution is 2.28. The van der Waals surface area contributed by atoms with Gasteiger partial charge in [-0.05, 0) is 25.1 Å². The molecule has 1 aromatic rings. The molecule has 0 spiro atoms. The van der Waals surface area contributed by atoms with Crippen molar-refractivity contribution in [1.82, 2.24) is 0 Å². The van der Waals surface area contributed by atoms with E-state index in [2.05, 4.69) is 20.7 Å². The van der Waals surface area contributed by atoms with E-state index >= 15 is 0 Å². The maximum atomic E-state index is 11.1. The minimum Gasteiger partial charge on any atom is -0.491 e. The summed E-state index contributed by atoms with van der Waals surface area (Å²) in [6.45, 7) is 1.98. The zero-order valence-electron chi connectivity index (χ0n) is 9.00. The summed E-state index contributed by atoms with van der Waals surface area (Å²) in [6, 6.07) is 5.31. The van der Waals surface area contributed by atoms with Gasteiger partial charge in [-0.3, -0.25) is 4.79 Å². The minimum absolute atomic E-state index is 0.244. The maximum Gasteiger partial charge on any atom is 0.311 e. The van der Waals surface area contributed by atoms with Crippen LogP contribution in [0.1, 0.15) is 6.92 Å². The van der Waals surface area contributed by atoms with Gasteiger partial charge in [0.1, 0.15) is 12.4 Å². The van der Waals surface area contributed by atoms with Crippen LogP contribution in [0.2, 0.25) is 5.02 Å². The molecule has 0 fully saturated rings. The van der Waals surface area contributed by atoms with Gasteiger partial charge in [0, 0.05) is 4.47 Å². The lowest BCUT2D eigenvalue weighted by molar-refractivity contribution is -0.145. The van der Waals surface area contributed by atoms with Crippen LogP contribution < -0.4 is 4.74 Å². The van der Waals surface area contributed by atoms with Gasteiger partial charge >= 0.3 is 5.97 Å². The Hall–Kier alpha value is -0.740. The predicted octanol–water partition coefficient (Wildman–Crippen LogP) is 3.29. The first-order valence-electron chi connectivity index (χ1n) is 4.70. The van der Waals surface area contributed by atoms with Gasteiger partial charge in [0.05, 0.1) is 18.1 Å². The highest BCUT2D eigenvalue weighted by molar-refractivity contribution is 9.10. The molecule has 0 N–H and O–H groups in total. The van der Waals surface area contributed by atoms with Crippen molar-refractivity contribution in [3.05, 3.63) is 27.7 Å². The number of ether oxygens (including phenoxy) is 2. The van der Waals surface area contributed by atoms with Crippen molar-refractivity contribution >= 4 is 33.5 Å². The van der Waals surface area contributed by atoms with E-state index in [1.807, 2.05) is 6.07 Å². The Kier molecular flexibility index (Phi) is 5.09. The van der Waals surface area contributed by atoms with Crippen molar-refractivity contribution in [3.8, 4) is 5.75 Å². The van der Waals surface area contributed by atoms with Crippen molar-refractivity contribution in [2.75, 3.05) is 13.7 Å². The highest BCUT2D eigenvalue weighted by atomic mass is 79.9. The largest absolute Gasteiger partial charge is 0.491 e. The average Bonchev–Trinajstić information content (AvgIpc) is 2.26. The van der Waals surface area contributed by atoms with Crippen LogP contribution in [0.5, 0.6) is 5.75 Å². The fourth-order valence-electron chi connectivity index (χ4n) is 1.08.